The number of nitrogens with zero attached hydrogens (tertiary/aromatic N) is 4. The van der Waals surface area contributed by atoms with E-state index < -0.39 is 14.6 Å². The highest BCUT2D eigenvalue weighted by atomic mass is 35.5. The molecule has 0 aliphatic carbocycles. The molecule has 0 fully saturated rings. The molecule has 1 atom stereocenters. The Balaban J connectivity index is 1.90. The van der Waals surface area contributed by atoms with Crippen LogP contribution in [0.3, 0.4) is 0 Å². The van der Waals surface area contributed by atoms with Crippen molar-refractivity contribution in [2.24, 2.45) is 0 Å². The fraction of sp³-hybridized carbons (Fsp3) is 0.235. The van der Waals surface area contributed by atoms with Crippen LogP contribution in [0.25, 0.3) is 16.9 Å². The Morgan fingerprint density at radius 2 is 2.00 bits per heavy atom. The lowest BCUT2D eigenvalue weighted by Crippen LogP contribution is -2.33. The number of anilines is 1. The molecule has 0 amide bonds. The molecule has 0 spiro atoms. The molecule has 1 N–H and O–H groups in total. The predicted molar refractivity (Wildman–Crippen MR) is 105 cm³/mol. The Morgan fingerprint density at radius 1 is 1.23 bits per heavy atom. The van der Waals surface area contributed by atoms with Crippen LogP contribution in [-0.2, 0) is 0 Å². The quantitative estimate of drug-likeness (QED) is 0.396. The summed E-state index contributed by atoms with van der Waals surface area (Å²) in [5, 5.41) is 8.15. The zero-order valence-electron chi connectivity index (χ0n) is 14.0. The molecule has 5 nitrogen and oxygen atoms in total. The zero-order chi connectivity index (χ0) is 18.3. The summed E-state index contributed by atoms with van der Waals surface area (Å²) >= 11 is 12.7. The molecule has 1 aliphatic rings. The lowest BCUT2D eigenvalue weighted by molar-refractivity contribution is 0.631. The molecule has 1 aromatic carbocycles. The summed E-state index contributed by atoms with van der Waals surface area (Å²) in [5.74, 6) is 0.458. The number of fused-ring (bicyclic) bond motifs is 1. The lowest BCUT2D eigenvalue weighted by Gasteiger charge is -2.23. The van der Waals surface area contributed by atoms with E-state index in [1.807, 2.05) is 0 Å². The SMILES string of the molecule is CC(Nc1c(-c2c(F)cccc2Cl)c(Cl)nc2ncnn12)[SiH]1CC=CC1. The number of aromatic nitrogens is 4. The Hall–Kier alpha value is -1.96. The topological polar surface area (TPSA) is 55.1 Å². The van der Waals surface area contributed by atoms with Crippen LogP contribution in [0.2, 0.25) is 22.3 Å². The average molecular weight is 408 g/mol. The number of hydrogen-bond donors (Lipinski definition) is 1. The molecule has 0 saturated carbocycles. The molecule has 1 unspecified atom stereocenters. The van der Waals surface area contributed by atoms with Gasteiger partial charge in [-0.2, -0.15) is 19.6 Å². The standard InChI is InChI=1S/C17H16Cl2FN5Si/c1-10(26-7-2-3-8-26)23-16-14(13-11(18)5-4-6-12(13)20)15(19)24-17-21-9-22-25(16)17/h2-6,9-10,23,26H,7-8H2,1H3. The number of hydrogen-bond acceptors (Lipinski definition) is 4. The van der Waals surface area contributed by atoms with Gasteiger partial charge in [0.05, 0.1) is 19.4 Å². The number of nitrogens with one attached hydrogen (secondary N) is 1. The van der Waals surface area contributed by atoms with Crippen molar-refractivity contribution in [2.45, 2.75) is 24.7 Å². The van der Waals surface area contributed by atoms with Crippen molar-refractivity contribution in [3.8, 4) is 11.1 Å². The van der Waals surface area contributed by atoms with Crippen molar-refractivity contribution in [3.63, 3.8) is 0 Å². The highest BCUT2D eigenvalue weighted by Gasteiger charge is 2.26. The molecule has 0 saturated heterocycles. The smallest absolute Gasteiger partial charge is 0.255 e. The van der Waals surface area contributed by atoms with E-state index in [1.165, 1.54) is 12.4 Å². The molecule has 0 radical (unpaired) electrons. The largest absolute Gasteiger partial charge is 0.370 e. The average Bonchev–Trinajstić information content (AvgIpc) is 3.28. The van der Waals surface area contributed by atoms with Gasteiger partial charge < -0.3 is 5.32 Å². The van der Waals surface area contributed by atoms with Gasteiger partial charge in [0.2, 0.25) is 0 Å². The summed E-state index contributed by atoms with van der Waals surface area (Å²) in [4.78, 5) is 8.36. The van der Waals surface area contributed by atoms with E-state index in [0.29, 0.717) is 17.2 Å². The first-order valence-corrected chi connectivity index (χ1v) is 11.4. The van der Waals surface area contributed by atoms with Gasteiger partial charge in [-0.15, -0.1) is 0 Å². The molecular formula is C17H16Cl2FN5Si. The number of benzene rings is 1. The van der Waals surface area contributed by atoms with Gasteiger partial charge in [0.15, 0.2) is 0 Å². The monoisotopic (exact) mass is 407 g/mol. The van der Waals surface area contributed by atoms with Crippen molar-refractivity contribution in [1.29, 1.82) is 0 Å². The van der Waals surface area contributed by atoms with Gasteiger partial charge in [-0.3, -0.25) is 0 Å². The minimum absolute atomic E-state index is 0.137. The molecule has 3 heterocycles. The van der Waals surface area contributed by atoms with Gasteiger partial charge in [-0.25, -0.2) is 4.39 Å². The van der Waals surface area contributed by atoms with Crippen LogP contribution in [0.4, 0.5) is 10.2 Å². The first kappa shape index (κ1) is 17.5. The van der Waals surface area contributed by atoms with E-state index in [1.54, 1.807) is 16.6 Å². The van der Waals surface area contributed by atoms with Gasteiger partial charge in [-0.1, -0.05) is 41.4 Å². The molecule has 3 aromatic rings. The minimum Gasteiger partial charge on any atom is -0.370 e. The molecule has 9 heteroatoms. The van der Waals surface area contributed by atoms with E-state index in [-0.39, 0.29) is 21.4 Å². The van der Waals surface area contributed by atoms with Gasteiger partial charge in [0.1, 0.15) is 23.1 Å². The van der Waals surface area contributed by atoms with Crippen molar-refractivity contribution in [2.75, 3.05) is 5.32 Å². The first-order chi connectivity index (χ1) is 12.6. The zero-order valence-corrected chi connectivity index (χ0v) is 16.6. The molecule has 2 aromatic heterocycles. The van der Waals surface area contributed by atoms with E-state index in [2.05, 4.69) is 39.5 Å². The van der Waals surface area contributed by atoms with Gasteiger partial charge in [-0.05, 0) is 31.1 Å². The number of halogens is 3. The van der Waals surface area contributed by atoms with Crippen LogP contribution in [0.1, 0.15) is 6.92 Å². The second-order valence-electron chi connectivity index (χ2n) is 6.33. The summed E-state index contributed by atoms with van der Waals surface area (Å²) in [6, 6.07) is 6.80. The van der Waals surface area contributed by atoms with Crippen molar-refractivity contribution in [1.82, 2.24) is 19.6 Å². The van der Waals surface area contributed by atoms with Crippen LogP contribution in [-0.4, -0.2) is 34.0 Å². The Labute approximate surface area is 161 Å². The second-order valence-corrected chi connectivity index (χ2v) is 10.6. The van der Waals surface area contributed by atoms with E-state index in [9.17, 15) is 4.39 Å². The third kappa shape index (κ3) is 3.00. The molecular weight excluding hydrogens is 392 g/mol. The number of allylic oxidation sites excluding steroid dienone is 2. The highest BCUT2D eigenvalue weighted by Crippen LogP contribution is 2.40. The predicted octanol–water partition coefficient (Wildman–Crippen LogP) is 4.37. The Kier molecular flexibility index (Phi) is 4.68. The van der Waals surface area contributed by atoms with Crippen molar-refractivity contribution in [3.05, 3.63) is 52.7 Å². The molecule has 26 heavy (non-hydrogen) atoms. The summed E-state index contributed by atoms with van der Waals surface area (Å²) < 4.78 is 16.2. The fourth-order valence-corrected chi connectivity index (χ4v) is 6.29. The highest BCUT2D eigenvalue weighted by molar-refractivity contribution is 6.63. The lowest BCUT2D eigenvalue weighted by atomic mass is 10.1. The summed E-state index contributed by atoms with van der Waals surface area (Å²) in [6.07, 6.45) is 5.86. The summed E-state index contributed by atoms with van der Waals surface area (Å²) in [7, 11) is -1.03. The van der Waals surface area contributed by atoms with Gasteiger partial charge >= 0.3 is 0 Å². The number of rotatable bonds is 4. The van der Waals surface area contributed by atoms with Crippen LogP contribution in [0.5, 0.6) is 0 Å². The van der Waals surface area contributed by atoms with Gasteiger partial charge in [0, 0.05) is 11.2 Å². The maximum atomic E-state index is 14.6. The van der Waals surface area contributed by atoms with Crippen LogP contribution in [0.15, 0.2) is 36.7 Å². The third-order valence-electron chi connectivity index (χ3n) is 4.71. The van der Waals surface area contributed by atoms with Crippen LogP contribution in [0, 0.1) is 5.82 Å². The molecule has 0 bridgehead atoms. The Morgan fingerprint density at radius 3 is 2.73 bits per heavy atom. The Bertz CT molecular complexity index is 978. The summed E-state index contributed by atoms with van der Waals surface area (Å²) in [5.41, 5.74) is 0.865. The van der Waals surface area contributed by atoms with Gasteiger partial charge in [0.25, 0.3) is 5.78 Å². The molecule has 1 aliphatic heterocycles. The minimum atomic E-state index is -1.03. The van der Waals surface area contributed by atoms with E-state index in [0.717, 1.165) is 12.1 Å². The first-order valence-electron chi connectivity index (χ1n) is 8.31. The fourth-order valence-electron chi connectivity index (χ4n) is 3.29. The van der Waals surface area contributed by atoms with Crippen molar-refractivity contribution >= 4 is 43.6 Å². The second kappa shape index (κ2) is 6.98. The van der Waals surface area contributed by atoms with E-state index >= 15 is 0 Å². The van der Waals surface area contributed by atoms with Crippen LogP contribution < -0.4 is 5.32 Å². The maximum absolute atomic E-state index is 14.6. The van der Waals surface area contributed by atoms with E-state index in [4.69, 9.17) is 23.2 Å². The molecule has 4 rings (SSSR count). The third-order valence-corrected chi connectivity index (χ3v) is 8.64. The summed E-state index contributed by atoms with van der Waals surface area (Å²) in [6.45, 7) is 2.15. The normalized spacial score (nSPS) is 15.7. The van der Waals surface area contributed by atoms with Crippen molar-refractivity contribution < 1.29 is 4.39 Å². The molecule has 134 valence electrons. The maximum Gasteiger partial charge on any atom is 0.255 e. The van der Waals surface area contributed by atoms with Crippen LogP contribution >= 0.6 is 23.2 Å².